The molecule has 1 aliphatic heterocycles. The van der Waals surface area contributed by atoms with Crippen LogP contribution in [-0.2, 0) is 0 Å². The third-order valence-corrected chi connectivity index (χ3v) is 6.77. The highest BCUT2D eigenvalue weighted by Crippen LogP contribution is 2.25. The average molecular weight is 490 g/mol. The highest BCUT2D eigenvalue weighted by atomic mass is 79.9. The number of benzene rings is 2. The van der Waals surface area contributed by atoms with Gasteiger partial charge in [-0.3, -0.25) is 9.20 Å². The van der Waals surface area contributed by atoms with Crippen LogP contribution in [0.2, 0.25) is 0 Å². The lowest BCUT2D eigenvalue weighted by molar-refractivity contribution is 0.0746. The molecule has 1 fully saturated rings. The van der Waals surface area contributed by atoms with Crippen molar-refractivity contribution in [2.45, 2.75) is 13.8 Å². The molecule has 162 valence electrons. The normalized spacial score (nSPS) is 14.2. The van der Waals surface area contributed by atoms with Crippen molar-refractivity contribution in [3.63, 3.8) is 0 Å². The number of fused-ring (bicyclic) bond motifs is 1. The van der Waals surface area contributed by atoms with E-state index in [1.54, 1.807) is 0 Å². The van der Waals surface area contributed by atoms with Crippen LogP contribution in [0.25, 0.3) is 17.0 Å². The summed E-state index contributed by atoms with van der Waals surface area (Å²) in [4.78, 5) is 17.5. The summed E-state index contributed by atoms with van der Waals surface area (Å²) in [6.07, 6.45) is 1.88. The van der Waals surface area contributed by atoms with Crippen molar-refractivity contribution in [3.8, 4) is 11.4 Å². The number of nitrogens with zero attached hydrogens (tertiary/aromatic N) is 5. The number of aryl methyl sites for hydroxylation is 1. The summed E-state index contributed by atoms with van der Waals surface area (Å²) in [5, 5.41) is 8.63. The van der Waals surface area contributed by atoms with Crippen molar-refractivity contribution in [1.82, 2.24) is 19.5 Å². The minimum absolute atomic E-state index is 0.0429. The molecule has 7 heteroatoms. The number of pyridine rings is 1. The molecule has 0 aliphatic carbocycles. The lowest BCUT2D eigenvalue weighted by atomic mass is 10.1. The molecule has 1 aliphatic rings. The monoisotopic (exact) mass is 489 g/mol. The van der Waals surface area contributed by atoms with Crippen LogP contribution < -0.4 is 4.90 Å². The molecular weight excluding hydrogens is 466 g/mol. The number of carbonyl (C=O) groups excluding carboxylic acids is 1. The molecule has 3 heterocycles. The van der Waals surface area contributed by atoms with E-state index in [1.165, 1.54) is 16.8 Å². The summed E-state index contributed by atoms with van der Waals surface area (Å²) in [6, 6.07) is 18.0. The molecule has 6 nitrogen and oxygen atoms in total. The van der Waals surface area contributed by atoms with Gasteiger partial charge in [0.05, 0.1) is 0 Å². The molecule has 4 aromatic rings. The SMILES string of the molecule is Cc1cccc(N2CCN(C(=O)c3ccn4c(-c5ccc(Br)cc5)nnc4c3)CC2)c1C. The number of hydrogen-bond donors (Lipinski definition) is 0. The Kier molecular flexibility index (Phi) is 5.43. The first-order valence-corrected chi connectivity index (χ1v) is 11.5. The van der Waals surface area contributed by atoms with Crippen LogP contribution in [0.4, 0.5) is 5.69 Å². The summed E-state index contributed by atoms with van der Waals surface area (Å²) in [7, 11) is 0. The second kappa shape index (κ2) is 8.39. The molecule has 1 saturated heterocycles. The van der Waals surface area contributed by atoms with Gasteiger partial charge in [-0.2, -0.15) is 0 Å². The molecule has 5 rings (SSSR count). The zero-order valence-electron chi connectivity index (χ0n) is 18.1. The van der Waals surface area contributed by atoms with Gasteiger partial charge in [0.2, 0.25) is 0 Å². The van der Waals surface area contributed by atoms with E-state index >= 15 is 0 Å². The molecule has 0 radical (unpaired) electrons. The minimum Gasteiger partial charge on any atom is -0.368 e. The van der Waals surface area contributed by atoms with Crippen molar-refractivity contribution < 1.29 is 4.79 Å². The average Bonchev–Trinajstić information content (AvgIpc) is 3.24. The summed E-state index contributed by atoms with van der Waals surface area (Å²) in [5.41, 5.74) is 6.16. The quantitative estimate of drug-likeness (QED) is 0.417. The number of carbonyl (C=O) groups is 1. The second-order valence-electron chi connectivity index (χ2n) is 8.17. The molecule has 2 aromatic carbocycles. The number of piperazine rings is 1. The van der Waals surface area contributed by atoms with E-state index in [-0.39, 0.29) is 5.91 Å². The Hall–Kier alpha value is -3.19. The highest BCUT2D eigenvalue weighted by molar-refractivity contribution is 9.10. The maximum atomic E-state index is 13.2. The van der Waals surface area contributed by atoms with Gasteiger partial charge >= 0.3 is 0 Å². The van der Waals surface area contributed by atoms with Crippen LogP contribution in [0.5, 0.6) is 0 Å². The molecule has 1 amide bonds. The fourth-order valence-electron chi connectivity index (χ4n) is 4.23. The standard InChI is InChI=1S/C25H24BrN5O/c1-17-4-3-5-22(18(17)2)29-12-14-30(15-13-29)25(32)20-10-11-31-23(16-20)27-28-24(31)19-6-8-21(26)9-7-19/h3-11,16H,12-15H2,1-2H3. The van der Waals surface area contributed by atoms with E-state index in [1.807, 2.05) is 51.9 Å². The predicted octanol–water partition coefficient (Wildman–Crippen LogP) is 4.74. The van der Waals surface area contributed by atoms with Crippen molar-refractivity contribution >= 4 is 33.2 Å². The lowest BCUT2D eigenvalue weighted by Gasteiger charge is -2.37. The Labute approximate surface area is 195 Å². The van der Waals surface area contributed by atoms with Crippen LogP contribution in [0, 0.1) is 13.8 Å². The van der Waals surface area contributed by atoms with Crippen LogP contribution >= 0.6 is 15.9 Å². The van der Waals surface area contributed by atoms with E-state index in [0.717, 1.165) is 29.0 Å². The number of hydrogen-bond acceptors (Lipinski definition) is 4. The number of halogens is 1. The Morgan fingerprint density at radius 1 is 0.938 bits per heavy atom. The van der Waals surface area contributed by atoms with Crippen molar-refractivity contribution in [2.75, 3.05) is 31.1 Å². The third-order valence-electron chi connectivity index (χ3n) is 6.24. The van der Waals surface area contributed by atoms with Crippen molar-refractivity contribution in [3.05, 3.63) is 82.0 Å². The Balaban J connectivity index is 1.32. The Morgan fingerprint density at radius 2 is 1.69 bits per heavy atom. The van der Waals surface area contributed by atoms with Gasteiger partial charge in [0, 0.05) is 53.7 Å². The van der Waals surface area contributed by atoms with Crippen LogP contribution in [0.15, 0.2) is 65.3 Å². The maximum Gasteiger partial charge on any atom is 0.254 e. The van der Waals surface area contributed by atoms with Gasteiger partial charge in [-0.1, -0.05) is 40.2 Å². The molecule has 0 saturated carbocycles. The van der Waals surface area contributed by atoms with Gasteiger partial charge in [0.1, 0.15) is 0 Å². The smallest absolute Gasteiger partial charge is 0.254 e. The molecule has 0 spiro atoms. The van der Waals surface area contributed by atoms with Crippen molar-refractivity contribution in [2.24, 2.45) is 0 Å². The Morgan fingerprint density at radius 3 is 2.44 bits per heavy atom. The van der Waals surface area contributed by atoms with E-state index in [0.29, 0.717) is 24.3 Å². The van der Waals surface area contributed by atoms with Crippen LogP contribution in [-0.4, -0.2) is 51.6 Å². The van der Waals surface area contributed by atoms with Gasteiger partial charge < -0.3 is 9.80 Å². The number of aromatic nitrogens is 3. The second-order valence-corrected chi connectivity index (χ2v) is 9.09. The summed E-state index contributed by atoms with van der Waals surface area (Å²) >= 11 is 3.46. The van der Waals surface area contributed by atoms with E-state index in [2.05, 4.69) is 63.1 Å². The fraction of sp³-hybridized carbons (Fsp3) is 0.240. The topological polar surface area (TPSA) is 53.7 Å². The van der Waals surface area contributed by atoms with Gasteiger partial charge in [-0.15, -0.1) is 10.2 Å². The number of amides is 1. The third kappa shape index (κ3) is 3.77. The zero-order valence-corrected chi connectivity index (χ0v) is 19.7. The molecule has 0 unspecified atom stereocenters. The zero-order chi connectivity index (χ0) is 22.2. The number of anilines is 1. The predicted molar refractivity (Wildman–Crippen MR) is 130 cm³/mol. The van der Waals surface area contributed by atoms with Gasteiger partial charge in [-0.05, 0) is 55.3 Å². The summed E-state index contributed by atoms with van der Waals surface area (Å²) < 4.78 is 2.93. The first kappa shape index (κ1) is 20.7. The minimum atomic E-state index is 0.0429. The highest BCUT2D eigenvalue weighted by Gasteiger charge is 2.24. The molecule has 0 bridgehead atoms. The largest absolute Gasteiger partial charge is 0.368 e. The van der Waals surface area contributed by atoms with Gasteiger partial charge in [-0.25, -0.2) is 0 Å². The summed E-state index contributed by atoms with van der Waals surface area (Å²) in [5.74, 6) is 0.801. The van der Waals surface area contributed by atoms with Crippen molar-refractivity contribution in [1.29, 1.82) is 0 Å². The van der Waals surface area contributed by atoms with E-state index in [9.17, 15) is 4.79 Å². The summed E-state index contributed by atoms with van der Waals surface area (Å²) in [6.45, 7) is 7.37. The number of rotatable bonds is 3. The van der Waals surface area contributed by atoms with E-state index < -0.39 is 0 Å². The van der Waals surface area contributed by atoms with E-state index in [4.69, 9.17) is 0 Å². The van der Waals surface area contributed by atoms with Crippen LogP contribution in [0.3, 0.4) is 0 Å². The molecule has 2 aromatic heterocycles. The fourth-order valence-corrected chi connectivity index (χ4v) is 4.50. The first-order valence-electron chi connectivity index (χ1n) is 10.7. The molecule has 0 atom stereocenters. The van der Waals surface area contributed by atoms with Crippen LogP contribution in [0.1, 0.15) is 21.5 Å². The molecule has 32 heavy (non-hydrogen) atoms. The Bertz CT molecular complexity index is 1290. The molecule has 0 N–H and O–H groups in total. The van der Waals surface area contributed by atoms with Gasteiger partial charge in [0.15, 0.2) is 11.5 Å². The van der Waals surface area contributed by atoms with Gasteiger partial charge in [0.25, 0.3) is 5.91 Å². The molecular formula is C25H24BrN5O. The lowest BCUT2D eigenvalue weighted by Crippen LogP contribution is -2.49. The first-order chi connectivity index (χ1) is 15.5. The maximum absolute atomic E-state index is 13.2.